The zero-order valence-corrected chi connectivity index (χ0v) is 11.8. The molecule has 20 heavy (non-hydrogen) atoms. The zero-order valence-electron chi connectivity index (χ0n) is 11.8. The van der Waals surface area contributed by atoms with Gasteiger partial charge in [-0.3, -0.25) is 0 Å². The molecule has 0 spiro atoms. The first-order valence-corrected chi connectivity index (χ1v) is 7.70. The van der Waals surface area contributed by atoms with Crippen molar-refractivity contribution in [3.05, 3.63) is 29.8 Å². The lowest BCUT2D eigenvalue weighted by Gasteiger charge is -2.23. The highest BCUT2D eigenvalue weighted by atomic mass is 16.2. The maximum atomic E-state index is 11.9. The molecule has 3 rings (SSSR count). The Kier molecular flexibility index (Phi) is 4.09. The van der Waals surface area contributed by atoms with Crippen LogP contribution >= 0.6 is 0 Å². The van der Waals surface area contributed by atoms with Gasteiger partial charge in [-0.15, -0.1) is 0 Å². The van der Waals surface area contributed by atoms with Crippen LogP contribution in [0.15, 0.2) is 24.3 Å². The molecular formula is C16H23N3O. The lowest BCUT2D eigenvalue weighted by molar-refractivity contribution is 0.232. The second-order valence-electron chi connectivity index (χ2n) is 5.89. The Morgan fingerprint density at radius 2 is 2.00 bits per heavy atom. The fourth-order valence-electron chi connectivity index (χ4n) is 3.20. The van der Waals surface area contributed by atoms with Gasteiger partial charge in [0, 0.05) is 24.3 Å². The average Bonchev–Trinajstić information content (AvgIpc) is 2.89. The number of para-hydroxylation sites is 1. The Morgan fingerprint density at radius 1 is 1.20 bits per heavy atom. The van der Waals surface area contributed by atoms with Crippen LogP contribution in [0, 0.1) is 0 Å². The molecule has 1 aromatic rings. The summed E-state index contributed by atoms with van der Waals surface area (Å²) < 4.78 is 0. The molecule has 1 fully saturated rings. The van der Waals surface area contributed by atoms with E-state index in [1.165, 1.54) is 30.5 Å². The topological polar surface area (TPSA) is 53.2 Å². The summed E-state index contributed by atoms with van der Waals surface area (Å²) in [5.74, 6) is 0. The minimum Gasteiger partial charge on any atom is -0.380 e. The van der Waals surface area contributed by atoms with Gasteiger partial charge >= 0.3 is 6.03 Å². The van der Waals surface area contributed by atoms with E-state index in [0.29, 0.717) is 18.6 Å². The van der Waals surface area contributed by atoms with Crippen LogP contribution < -0.4 is 16.0 Å². The molecule has 1 atom stereocenters. The van der Waals surface area contributed by atoms with Crippen LogP contribution in [0.25, 0.3) is 0 Å². The fourth-order valence-corrected chi connectivity index (χ4v) is 3.20. The van der Waals surface area contributed by atoms with E-state index in [0.717, 1.165) is 19.3 Å². The van der Waals surface area contributed by atoms with E-state index in [1.54, 1.807) is 0 Å². The van der Waals surface area contributed by atoms with Crippen LogP contribution in [0.3, 0.4) is 0 Å². The van der Waals surface area contributed by atoms with Crippen molar-refractivity contribution in [2.75, 3.05) is 11.9 Å². The minimum absolute atomic E-state index is 0.0188. The van der Waals surface area contributed by atoms with Crippen molar-refractivity contribution in [1.29, 1.82) is 0 Å². The van der Waals surface area contributed by atoms with E-state index in [4.69, 9.17) is 0 Å². The van der Waals surface area contributed by atoms with Gasteiger partial charge in [-0.2, -0.15) is 0 Å². The lowest BCUT2D eigenvalue weighted by atomic mass is 9.96. The second kappa shape index (κ2) is 6.16. The number of carbonyl (C=O) groups is 1. The largest absolute Gasteiger partial charge is 0.380 e. The predicted octanol–water partition coefficient (Wildman–Crippen LogP) is 2.66. The first-order valence-electron chi connectivity index (χ1n) is 7.70. The SMILES string of the molecule is O=C(NCC1Cc2ccccc2N1)NC1CCCCC1. The summed E-state index contributed by atoms with van der Waals surface area (Å²) in [6.45, 7) is 0.674. The molecular weight excluding hydrogens is 250 g/mol. The smallest absolute Gasteiger partial charge is 0.315 e. The van der Waals surface area contributed by atoms with Gasteiger partial charge in [-0.05, 0) is 30.9 Å². The third-order valence-electron chi connectivity index (χ3n) is 4.29. The number of carbonyl (C=O) groups excluding carboxylic acids is 1. The molecule has 2 aliphatic rings. The standard InChI is InChI=1S/C16H23N3O/c20-16(19-13-7-2-1-3-8-13)17-11-14-10-12-6-4-5-9-15(12)18-14/h4-6,9,13-14,18H,1-3,7-8,10-11H2,(H2,17,19,20). The van der Waals surface area contributed by atoms with Gasteiger partial charge in [0.05, 0.1) is 0 Å². The summed E-state index contributed by atoms with van der Waals surface area (Å²) in [5.41, 5.74) is 2.54. The third kappa shape index (κ3) is 3.24. The minimum atomic E-state index is -0.0188. The summed E-state index contributed by atoms with van der Waals surface area (Å²) in [6, 6.07) is 9.00. The van der Waals surface area contributed by atoms with Gasteiger partial charge in [0.2, 0.25) is 0 Å². The number of nitrogens with one attached hydrogen (secondary N) is 3. The van der Waals surface area contributed by atoms with Crippen molar-refractivity contribution in [1.82, 2.24) is 10.6 Å². The number of fused-ring (bicyclic) bond motifs is 1. The molecule has 3 N–H and O–H groups in total. The van der Waals surface area contributed by atoms with Crippen molar-refractivity contribution in [3.8, 4) is 0 Å². The van der Waals surface area contributed by atoms with Crippen LogP contribution in [0.4, 0.5) is 10.5 Å². The number of rotatable bonds is 3. The zero-order chi connectivity index (χ0) is 13.8. The molecule has 0 aromatic heterocycles. The highest BCUT2D eigenvalue weighted by Gasteiger charge is 2.21. The van der Waals surface area contributed by atoms with Gasteiger partial charge in [0.1, 0.15) is 0 Å². The predicted molar refractivity (Wildman–Crippen MR) is 81.0 cm³/mol. The molecule has 1 aromatic carbocycles. The Balaban J connectivity index is 1.41. The van der Waals surface area contributed by atoms with E-state index in [-0.39, 0.29) is 6.03 Å². The van der Waals surface area contributed by atoms with E-state index in [1.807, 2.05) is 6.07 Å². The molecule has 1 saturated carbocycles. The maximum absolute atomic E-state index is 11.9. The summed E-state index contributed by atoms with van der Waals surface area (Å²) in [4.78, 5) is 11.9. The maximum Gasteiger partial charge on any atom is 0.315 e. The second-order valence-corrected chi connectivity index (χ2v) is 5.89. The molecule has 1 aliphatic carbocycles. The van der Waals surface area contributed by atoms with Crippen LogP contribution in [0.5, 0.6) is 0 Å². The molecule has 1 unspecified atom stereocenters. The monoisotopic (exact) mass is 273 g/mol. The lowest BCUT2D eigenvalue weighted by Crippen LogP contribution is -2.46. The van der Waals surface area contributed by atoms with E-state index in [9.17, 15) is 4.79 Å². The van der Waals surface area contributed by atoms with E-state index >= 15 is 0 Å². The number of urea groups is 1. The number of benzene rings is 1. The van der Waals surface area contributed by atoms with Gasteiger partial charge < -0.3 is 16.0 Å². The Labute approximate surface area is 120 Å². The molecule has 0 saturated heterocycles. The van der Waals surface area contributed by atoms with Crippen LogP contribution in [-0.4, -0.2) is 24.7 Å². The first-order chi connectivity index (χ1) is 9.81. The molecule has 0 radical (unpaired) electrons. The molecule has 2 amide bonds. The van der Waals surface area contributed by atoms with Crippen LogP contribution in [0.2, 0.25) is 0 Å². The molecule has 4 heteroatoms. The van der Waals surface area contributed by atoms with Crippen molar-refractivity contribution in [3.63, 3.8) is 0 Å². The molecule has 1 heterocycles. The molecule has 0 bridgehead atoms. The number of hydrogen-bond donors (Lipinski definition) is 3. The van der Waals surface area contributed by atoms with Crippen LogP contribution in [-0.2, 0) is 6.42 Å². The fraction of sp³-hybridized carbons (Fsp3) is 0.562. The number of amides is 2. The Morgan fingerprint density at radius 3 is 2.80 bits per heavy atom. The molecule has 108 valence electrons. The van der Waals surface area contributed by atoms with Crippen molar-refractivity contribution in [2.45, 2.75) is 50.6 Å². The Bertz CT molecular complexity index is 444. The van der Waals surface area contributed by atoms with E-state index in [2.05, 4.69) is 34.1 Å². The Hall–Kier alpha value is -1.71. The summed E-state index contributed by atoms with van der Waals surface area (Å²) in [7, 11) is 0. The van der Waals surface area contributed by atoms with Gasteiger partial charge in [0.25, 0.3) is 0 Å². The summed E-state index contributed by atoms with van der Waals surface area (Å²) in [6.07, 6.45) is 7.03. The highest BCUT2D eigenvalue weighted by molar-refractivity contribution is 5.74. The van der Waals surface area contributed by atoms with Gasteiger partial charge in [0.15, 0.2) is 0 Å². The van der Waals surface area contributed by atoms with Crippen molar-refractivity contribution in [2.24, 2.45) is 0 Å². The van der Waals surface area contributed by atoms with Gasteiger partial charge in [-0.25, -0.2) is 4.79 Å². The average molecular weight is 273 g/mol. The van der Waals surface area contributed by atoms with Crippen molar-refractivity contribution < 1.29 is 4.79 Å². The third-order valence-corrected chi connectivity index (χ3v) is 4.29. The molecule has 4 nitrogen and oxygen atoms in total. The number of anilines is 1. The van der Waals surface area contributed by atoms with Crippen LogP contribution in [0.1, 0.15) is 37.7 Å². The first kappa shape index (κ1) is 13.3. The summed E-state index contributed by atoms with van der Waals surface area (Å²) in [5, 5.41) is 9.53. The highest BCUT2D eigenvalue weighted by Crippen LogP contribution is 2.24. The number of hydrogen-bond acceptors (Lipinski definition) is 2. The summed E-state index contributed by atoms with van der Waals surface area (Å²) >= 11 is 0. The normalized spacial score (nSPS) is 21.9. The quantitative estimate of drug-likeness (QED) is 0.793. The van der Waals surface area contributed by atoms with Crippen molar-refractivity contribution >= 4 is 11.7 Å². The van der Waals surface area contributed by atoms with Gasteiger partial charge in [-0.1, -0.05) is 37.5 Å². The van der Waals surface area contributed by atoms with E-state index < -0.39 is 0 Å². The molecule has 1 aliphatic heterocycles.